The zero-order valence-electron chi connectivity index (χ0n) is 17.1. The second kappa shape index (κ2) is 7.71. The van der Waals surface area contributed by atoms with Gasteiger partial charge in [0.25, 0.3) is 0 Å². The fraction of sp³-hybridized carbons (Fsp3) is 0.308. The summed E-state index contributed by atoms with van der Waals surface area (Å²) in [5.41, 5.74) is 6.50. The molecule has 28 heavy (non-hydrogen) atoms. The van der Waals surface area contributed by atoms with Crippen molar-refractivity contribution in [1.29, 1.82) is 0 Å². The summed E-state index contributed by atoms with van der Waals surface area (Å²) in [5, 5.41) is 0. The Morgan fingerprint density at radius 1 is 0.893 bits per heavy atom. The standard InChI is InChI=1S/C26H28O2/c1-17(2)22-15-10-18(3)26-25(22)23(19-11-13-21(27-4)14-12-19)16-24(28-26)20-8-6-5-7-9-20/h5-15,17,23-24H,16H2,1-4H3/t23-,24+/m1/s1. The topological polar surface area (TPSA) is 18.5 Å². The maximum absolute atomic E-state index is 6.61. The third-order valence-corrected chi connectivity index (χ3v) is 5.80. The van der Waals surface area contributed by atoms with Gasteiger partial charge in [0, 0.05) is 11.5 Å². The molecule has 0 aliphatic carbocycles. The molecule has 0 saturated heterocycles. The average molecular weight is 373 g/mol. The van der Waals surface area contributed by atoms with Crippen LogP contribution >= 0.6 is 0 Å². The van der Waals surface area contributed by atoms with Gasteiger partial charge in [0.05, 0.1) is 7.11 Å². The molecule has 4 rings (SSSR count). The number of hydrogen-bond donors (Lipinski definition) is 0. The van der Waals surface area contributed by atoms with Gasteiger partial charge in [0.15, 0.2) is 0 Å². The first kappa shape index (κ1) is 18.6. The van der Waals surface area contributed by atoms with E-state index in [1.54, 1.807) is 7.11 Å². The summed E-state index contributed by atoms with van der Waals surface area (Å²) in [4.78, 5) is 0. The number of rotatable bonds is 4. The van der Waals surface area contributed by atoms with E-state index < -0.39 is 0 Å². The molecule has 0 fully saturated rings. The van der Waals surface area contributed by atoms with Crippen molar-refractivity contribution in [3.8, 4) is 11.5 Å². The van der Waals surface area contributed by atoms with Crippen LogP contribution in [0.1, 0.15) is 66.0 Å². The molecule has 0 N–H and O–H groups in total. The summed E-state index contributed by atoms with van der Waals surface area (Å²) in [6.45, 7) is 6.68. The van der Waals surface area contributed by atoms with E-state index in [2.05, 4.69) is 87.5 Å². The van der Waals surface area contributed by atoms with Crippen LogP contribution in [0.25, 0.3) is 0 Å². The summed E-state index contributed by atoms with van der Waals surface area (Å²) in [6.07, 6.45) is 0.994. The number of ether oxygens (including phenoxy) is 2. The smallest absolute Gasteiger partial charge is 0.127 e. The lowest BCUT2D eigenvalue weighted by Gasteiger charge is -2.36. The second-order valence-electron chi connectivity index (χ2n) is 7.95. The van der Waals surface area contributed by atoms with Crippen molar-refractivity contribution in [3.05, 3.63) is 94.5 Å². The zero-order chi connectivity index (χ0) is 19.7. The lowest BCUT2D eigenvalue weighted by atomic mass is 9.77. The first-order valence-corrected chi connectivity index (χ1v) is 10.1. The predicted molar refractivity (Wildman–Crippen MR) is 115 cm³/mol. The molecule has 0 radical (unpaired) electrons. The van der Waals surface area contributed by atoms with Gasteiger partial charge >= 0.3 is 0 Å². The van der Waals surface area contributed by atoms with Gasteiger partial charge in [-0.05, 0) is 53.6 Å². The van der Waals surface area contributed by atoms with Crippen LogP contribution in [0, 0.1) is 6.92 Å². The predicted octanol–water partition coefficient (Wildman–Crippen LogP) is 6.78. The van der Waals surface area contributed by atoms with Gasteiger partial charge < -0.3 is 9.47 Å². The molecule has 0 saturated carbocycles. The fourth-order valence-electron chi connectivity index (χ4n) is 4.28. The summed E-state index contributed by atoms with van der Waals surface area (Å²) in [7, 11) is 1.71. The van der Waals surface area contributed by atoms with Crippen molar-refractivity contribution in [1.82, 2.24) is 0 Å². The summed E-state index contributed by atoms with van der Waals surface area (Å²) in [6, 6.07) is 23.6. The highest BCUT2D eigenvalue weighted by atomic mass is 16.5. The number of aryl methyl sites for hydroxylation is 1. The Kier molecular flexibility index (Phi) is 5.13. The molecule has 2 heteroatoms. The largest absolute Gasteiger partial charge is 0.497 e. The molecular weight excluding hydrogens is 344 g/mol. The van der Waals surface area contributed by atoms with Crippen molar-refractivity contribution in [2.24, 2.45) is 0 Å². The SMILES string of the molecule is COc1ccc([C@H]2C[C@@H](c3ccccc3)Oc3c(C)ccc(C(C)C)c32)cc1. The van der Waals surface area contributed by atoms with Crippen molar-refractivity contribution in [3.63, 3.8) is 0 Å². The lowest BCUT2D eigenvalue weighted by Crippen LogP contribution is -2.22. The van der Waals surface area contributed by atoms with Gasteiger partial charge in [0.2, 0.25) is 0 Å². The number of fused-ring (bicyclic) bond motifs is 1. The molecule has 0 amide bonds. The van der Waals surface area contributed by atoms with Gasteiger partial charge in [-0.3, -0.25) is 0 Å². The van der Waals surface area contributed by atoms with Gasteiger partial charge in [-0.1, -0.05) is 68.4 Å². The molecule has 0 unspecified atom stereocenters. The molecule has 3 aromatic carbocycles. The minimum absolute atomic E-state index is 0.0573. The molecule has 2 nitrogen and oxygen atoms in total. The third kappa shape index (κ3) is 3.40. The molecule has 0 spiro atoms. The molecule has 1 aliphatic heterocycles. The van der Waals surface area contributed by atoms with E-state index in [0.717, 1.165) is 17.9 Å². The molecular formula is C26H28O2. The summed E-state index contributed by atoms with van der Waals surface area (Å²) < 4.78 is 12.0. The van der Waals surface area contributed by atoms with Crippen LogP contribution in [-0.2, 0) is 0 Å². The maximum Gasteiger partial charge on any atom is 0.127 e. The monoisotopic (exact) mass is 372 g/mol. The van der Waals surface area contributed by atoms with Gasteiger partial charge in [-0.15, -0.1) is 0 Å². The van der Waals surface area contributed by atoms with Crippen LogP contribution in [0.4, 0.5) is 0 Å². The van der Waals surface area contributed by atoms with E-state index >= 15 is 0 Å². The zero-order valence-corrected chi connectivity index (χ0v) is 17.1. The molecule has 1 heterocycles. The van der Waals surface area contributed by atoms with Gasteiger partial charge in [-0.25, -0.2) is 0 Å². The number of benzene rings is 3. The fourth-order valence-corrected chi connectivity index (χ4v) is 4.28. The Morgan fingerprint density at radius 3 is 2.25 bits per heavy atom. The second-order valence-corrected chi connectivity index (χ2v) is 7.95. The highest BCUT2D eigenvalue weighted by Crippen LogP contribution is 2.49. The average Bonchev–Trinajstić information content (AvgIpc) is 2.74. The van der Waals surface area contributed by atoms with E-state index in [9.17, 15) is 0 Å². The molecule has 1 aliphatic rings. The Labute approximate surface area is 168 Å². The first-order chi connectivity index (χ1) is 13.6. The molecule has 0 aromatic heterocycles. The van der Waals surface area contributed by atoms with Gasteiger partial charge in [0.1, 0.15) is 17.6 Å². The van der Waals surface area contributed by atoms with E-state index in [0.29, 0.717) is 11.8 Å². The van der Waals surface area contributed by atoms with Crippen LogP contribution in [0.3, 0.4) is 0 Å². The summed E-state index contributed by atoms with van der Waals surface area (Å²) >= 11 is 0. The molecule has 144 valence electrons. The van der Waals surface area contributed by atoms with E-state index in [1.165, 1.54) is 27.8 Å². The lowest BCUT2D eigenvalue weighted by molar-refractivity contribution is 0.165. The van der Waals surface area contributed by atoms with Crippen LogP contribution in [0.2, 0.25) is 0 Å². The van der Waals surface area contributed by atoms with Crippen LogP contribution < -0.4 is 9.47 Å². The Hall–Kier alpha value is -2.74. The number of hydrogen-bond acceptors (Lipinski definition) is 2. The van der Waals surface area contributed by atoms with E-state index in [1.807, 2.05) is 0 Å². The Balaban J connectivity index is 1.86. The first-order valence-electron chi connectivity index (χ1n) is 10.1. The van der Waals surface area contributed by atoms with Gasteiger partial charge in [-0.2, -0.15) is 0 Å². The third-order valence-electron chi connectivity index (χ3n) is 5.80. The van der Waals surface area contributed by atoms with E-state index in [4.69, 9.17) is 9.47 Å². The van der Waals surface area contributed by atoms with Crippen LogP contribution in [-0.4, -0.2) is 7.11 Å². The quantitative estimate of drug-likeness (QED) is 0.502. The minimum atomic E-state index is 0.0573. The van der Waals surface area contributed by atoms with Crippen molar-refractivity contribution in [2.45, 2.75) is 45.1 Å². The molecule has 3 aromatic rings. The Morgan fingerprint density at radius 2 is 1.61 bits per heavy atom. The highest BCUT2D eigenvalue weighted by molar-refractivity contribution is 5.54. The number of methoxy groups -OCH3 is 1. The van der Waals surface area contributed by atoms with Crippen LogP contribution in [0.5, 0.6) is 11.5 Å². The van der Waals surface area contributed by atoms with Crippen molar-refractivity contribution in [2.75, 3.05) is 7.11 Å². The normalized spacial score (nSPS) is 18.5. The van der Waals surface area contributed by atoms with Crippen LogP contribution in [0.15, 0.2) is 66.7 Å². The molecule has 0 bridgehead atoms. The van der Waals surface area contributed by atoms with E-state index in [-0.39, 0.29) is 6.10 Å². The minimum Gasteiger partial charge on any atom is -0.497 e. The molecule has 2 atom stereocenters. The van der Waals surface area contributed by atoms with Crippen molar-refractivity contribution >= 4 is 0 Å². The van der Waals surface area contributed by atoms with Crippen molar-refractivity contribution < 1.29 is 9.47 Å². The highest BCUT2D eigenvalue weighted by Gasteiger charge is 2.33. The summed E-state index contributed by atoms with van der Waals surface area (Å²) in [5.74, 6) is 2.71. The maximum atomic E-state index is 6.61. The Bertz CT molecular complexity index is 942.